The van der Waals surface area contributed by atoms with Crippen LogP contribution in [0.25, 0.3) is 0 Å². The van der Waals surface area contributed by atoms with Crippen molar-refractivity contribution in [2.24, 2.45) is 0 Å². The van der Waals surface area contributed by atoms with Crippen molar-refractivity contribution in [1.82, 2.24) is 14.4 Å². The molecule has 22 heavy (non-hydrogen) atoms. The van der Waals surface area contributed by atoms with E-state index in [9.17, 15) is 0 Å². The van der Waals surface area contributed by atoms with E-state index in [0.29, 0.717) is 0 Å². The topological polar surface area (TPSA) is 9.72 Å². The highest BCUT2D eigenvalue weighted by Crippen LogP contribution is 2.25. The summed E-state index contributed by atoms with van der Waals surface area (Å²) in [5.74, 6) is 0. The molecule has 1 saturated heterocycles. The van der Waals surface area contributed by atoms with Crippen LogP contribution in [0, 0.1) is 0 Å². The zero-order chi connectivity index (χ0) is 16.4. The normalized spacial score (nSPS) is 17.8. The minimum absolute atomic E-state index is 0.962. The van der Waals surface area contributed by atoms with Crippen LogP contribution in [0.15, 0.2) is 25.3 Å². The van der Waals surface area contributed by atoms with Crippen LogP contribution in [0.1, 0.15) is 20.8 Å². The molecule has 0 aromatic rings. The van der Waals surface area contributed by atoms with Gasteiger partial charge < -0.3 is 4.57 Å². The van der Waals surface area contributed by atoms with Crippen LogP contribution >= 0.6 is 0 Å². The molecule has 1 heterocycles. The van der Waals surface area contributed by atoms with E-state index in [-0.39, 0.29) is 0 Å². The Morgan fingerprint density at radius 1 is 0.909 bits per heavy atom. The lowest BCUT2D eigenvalue weighted by molar-refractivity contribution is 0.162. The molecule has 1 aliphatic rings. The summed E-state index contributed by atoms with van der Waals surface area (Å²) in [6.07, 6.45) is 3.98. The second-order valence-corrected chi connectivity index (χ2v) is 11.7. The van der Waals surface area contributed by atoms with Crippen molar-refractivity contribution < 1.29 is 0 Å². The summed E-state index contributed by atoms with van der Waals surface area (Å²) in [7, 11) is -1.15. The smallest absolute Gasteiger partial charge is 0.127 e. The lowest BCUT2D eigenvalue weighted by Crippen LogP contribution is -2.60. The zero-order valence-electron chi connectivity index (χ0n) is 15.2. The van der Waals surface area contributed by atoms with Gasteiger partial charge in [0.25, 0.3) is 0 Å². The highest BCUT2D eigenvalue weighted by molar-refractivity contribution is 6.77. The molecule has 0 saturated carbocycles. The predicted octanol–water partition coefficient (Wildman–Crippen LogP) is 3.28. The Kier molecular flexibility index (Phi) is 9.25. The molecule has 128 valence electrons. The highest BCUT2D eigenvalue weighted by Gasteiger charge is 2.35. The molecule has 0 aliphatic carbocycles. The fourth-order valence-corrected chi connectivity index (χ4v) is 7.76. The molecule has 0 atom stereocenters. The first-order valence-corrected chi connectivity index (χ1v) is 11.6. The van der Waals surface area contributed by atoms with Crippen LogP contribution in [0.5, 0.6) is 0 Å². The Hall–Kier alpha value is -0.423. The minimum atomic E-state index is -1.15. The van der Waals surface area contributed by atoms with E-state index in [4.69, 9.17) is 0 Å². The van der Waals surface area contributed by atoms with Crippen LogP contribution in [0.2, 0.25) is 18.1 Å². The Bertz CT molecular complexity index is 302. The summed E-state index contributed by atoms with van der Waals surface area (Å²) in [4.78, 5) is 5.05. The van der Waals surface area contributed by atoms with Gasteiger partial charge in [0, 0.05) is 52.4 Å². The number of rotatable bonds is 11. The second kappa shape index (κ2) is 10.4. The third kappa shape index (κ3) is 5.34. The Labute approximate surface area is 139 Å². The van der Waals surface area contributed by atoms with Gasteiger partial charge >= 0.3 is 0 Å². The first-order valence-electron chi connectivity index (χ1n) is 9.07. The van der Waals surface area contributed by atoms with E-state index in [2.05, 4.69) is 48.3 Å². The number of nitrogens with zero attached hydrogens (tertiary/aromatic N) is 3. The molecule has 1 rings (SSSR count). The molecule has 0 aromatic carbocycles. The molecular formula is C18H37N3Si. The van der Waals surface area contributed by atoms with Crippen LogP contribution in [-0.4, -0.2) is 75.0 Å². The maximum absolute atomic E-state index is 3.85. The molecule has 1 aliphatic heterocycles. The van der Waals surface area contributed by atoms with Crippen LogP contribution in [0.4, 0.5) is 0 Å². The fourth-order valence-electron chi connectivity index (χ4n) is 3.77. The molecule has 0 radical (unpaired) electrons. The van der Waals surface area contributed by atoms with Gasteiger partial charge in [-0.25, -0.2) is 0 Å². The van der Waals surface area contributed by atoms with E-state index in [1.807, 2.05) is 12.2 Å². The first kappa shape index (κ1) is 19.6. The van der Waals surface area contributed by atoms with E-state index in [1.165, 1.54) is 50.9 Å². The molecule has 1 fully saturated rings. The molecular weight excluding hydrogens is 286 g/mol. The van der Waals surface area contributed by atoms with Crippen molar-refractivity contribution in [3.05, 3.63) is 25.3 Å². The van der Waals surface area contributed by atoms with Crippen LogP contribution in [-0.2, 0) is 0 Å². The lowest BCUT2D eigenvalue weighted by Gasteiger charge is -2.46. The summed E-state index contributed by atoms with van der Waals surface area (Å²) in [6.45, 7) is 24.2. The van der Waals surface area contributed by atoms with Gasteiger partial charge in [0.1, 0.15) is 8.24 Å². The third-order valence-electron chi connectivity index (χ3n) is 5.52. The van der Waals surface area contributed by atoms with Crippen molar-refractivity contribution in [1.29, 1.82) is 0 Å². The average molecular weight is 324 g/mol. The van der Waals surface area contributed by atoms with Crippen molar-refractivity contribution in [2.75, 3.05) is 52.4 Å². The molecule has 0 unspecified atom stereocenters. The molecule has 0 aromatic heterocycles. The number of hydrogen-bond donors (Lipinski definition) is 0. The van der Waals surface area contributed by atoms with Crippen molar-refractivity contribution in [2.45, 2.75) is 38.9 Å². The SMILES string of the molecule is C=CCN(CC=C)CCN1CCN([Si](CC)(CC)CC)CC1. The maximum Gasteiger partial charge on any atom is 0.127 e. The summed E-state index contributed by atoms with van der Waals surface area (Å²) >= 11 is 0. The summed E-state index contributed by atoms with van der Waals surface area (Å²) in [6, 6.07) is 4.23. The molecule has 0 spiro atoms. The minimum Gasteiger partial charge on any atom is -0.321 e. The Morgan fingerprint density at radius 3 is 1.82 bits per heavy atom. The highest BCUT2D eigenvalue weighted by atomic mass is 28.3. The largest absolute Gasteiger partial charge is 0.321 e. The Balaban J connectivity index is 2.41. The fraction of sp³-hybridized carbons (Fsp3) is 0.778. The van der Waals surface area contributed by atoms with E-state index < -0.39 is 8.24 Å². The van der Waals surface area contributed by atoms with Gasteiger partial charge in [0.05, 0.1) is 0 Å². The molecule has 0 bridgehead atoms. The van der Waals surface area contributed by atoms with Gasteiger partial charge in [0.2, 0.25) is 0 Å². The quantitative estimate of drug-likeness (QED) is 0.427. The van der Waals surface area contributed by atoms with Crippen LogP contribution < -0.4 is 0 Å². The van der Waals surface area contributed by atoms with Gasteiger partial charge in [-0.3, -0.25) is 9.80 Å². The average Bonchev–Trinajstić information content (AvgIpc) is 2.56. The summed E-state index contributed by atoms with van der Waals surface area (Å²) in [5.41, 5.74) is 0. The lowest BCUT2D eigenvalue weighted by atomic mass is 10.3. The number of hydrogen-bond acceptors (Lipinski definition) is 3. The Morgan fingerprint density at radius 2 is 1.41 bits per heavy atom. The predicted molar refractivity (Wildman–Crippen MR) is 102 cm³/mol. The van der Waals surface area contributed by atoms with Gasteiger partial charge in [-0.2, -0.15) is 0 Å². The second-order valence-electron chi connectivity index (χ2n) is 6.45. The molecule has 3 nitrogen and oxygen atoms in total. The summed E-state index contributed by atoms with van der Waals surface area (Å²) in [5, 5.41) is 0. The van der Waals surface area contributed by atoms with E-state index in [0.717, 1.165) is 19.6 Å². The number of piperazine rings is 1. The van der Waals surface area contributed by atoms with Gasteiger partial charge in [0.15, 0.2) is 0 Å². The molecule has 4 heteroatoms. The maximum atomic E-state index is 3.85. The van der Waals surface area contributed by atoms with Crippen LogP contribution in [0.3, 0.4) is 0 Å². The van der Waals surface area contributed by atoms with Crippen molar-refractivity contribution >= 4 is 8.24 Å². The van der Waals surface area contributed by atoms with E-state index >= 15 is 0 Å². The van der Waals surface area contributed by atoms with E-state index in [1.54, 1.807) is 0 Å². The molecule has 0 N–H and O–H groups in total. The van der Waals surface area contributed by atoms with Gasteiger partial charge in [-0.1, -0.05) is 32.9 Å². The van der Waals surface area contributed by atoms with Crippen molar-refractivity contribution in [3.8, 4) is 0 Å². The first-order chi connectivity index (χ1) is 10.7. The monoisotopic (exact) mass is 323 g/mol. The summed E-state index contributed by atoms with van der Waals surface area (Å²) < 4.78 is 2.88. The third-order valence-corrected chi connectivity index (χ3v) is 11.3. The standard InChI is InChI=1S/C18H37N3Si/c1-6-11-19(12-7-2)13-14-20-15-17-21(18-16-20)22(8-3,9-4)10-5/h6-7H,1-2,8-18H2,3-5H3. The van der Waals surface area contributed by atoms with Crippen molar-refractivity contribution in [3.63, 3.8) is 0 Å². The molecule has 0 amide bonds. The zero-order valence-corrected chi connectivity index (χ0v) is 16.2. The van der Waals surface area contributed by atoms with Gasteiger partial charge in [-0.05, 0) is 18.1 Å². The van der Waals surface area contributed by atoms with Gasteiger partial charge in [-0.15, -0.1) is 13.2 Å².